The molecule has 1 heterocycles. The summed E-state index contributed by atoms with van der Waals surface area (Å²) in [7, 11) is 1.74. The first kappa shape index (κ1) is 16.9. The average molecular weight is 324 g/mol. The summed E-state index contributed by atoms with van der Waals surface area (Å²) in [5, 5.41) is 19.2. The largest absolute Gasteiger partial charge is 0.386 e. The first-order valence-corrected chi connectivity index (χ1v) is 6.99. The number of carbonyl (C=O) groups is 1. The Morgan fingerprint density at radius 3 is 2.57 bits per heavy atom. The molecule has 2 rings (SSSR count). The Balaban J connectivity index is 1.98. The first-order valence-electron chi connectivity index (χ1n) is 6.99. The maximum Gasteiger partial charge on any atom is 0.320 e. The van der Waals surface area contributed by atoms with E-state index in [4.69, 9.17) is 0 Å². The van der Waals surface area contributed by atoms with Gasteiger partial charge >= 0.3 is 6.03 Å². The minimum Gasteiger partial charge on any atom is -0.386 e. The zero-order valence-corrected chi connectivity index (χ0v) is 13.0. The zero-order valence-electron chi connectivity index (χ0n) is 13.0. The normalized spacial score (nSPS) is 13.5. The van der Waals surface area contributed by atoms with Crippen LogP contribution < -0.4 is 10.6 Å². The highest BCUT2D eigenvalue weighted by Crippen LogP contribution is 2.19. The Kier molecular flexibility index (Phi) is 4.95. The molecule has 2 aromatic rings. The van der Waals surface area contributed by atoms with Gasteiger partial charge in [0.05, 0.1) is 12.1 Å². The fourth-order valence-electron chi connectivity index (χ4n) is 2.04. The highest BCUT2D eigenvalue weighted by Gasteiger charge is 2.20. The molecule has 2 unspecified atom stereocenters. The molecule has 0 aliphatic rings. The monoisotopic (exact) mass is 324 g/mol. The van der Waals surface area contributed by atoms with Crippen LogP contribution in [0.3, 0.4) is 0 Å². The van der Waals surface area contributed by atoms with Crippen molar-refractivity contribution in [1.29, 1.82) is 0 Å². The van der Waals surface area contributed by atoms with Crippen molar-refractivity contribution >= 4 is 11.8 Å². The number of aliphatic hydroxyl groups excluding tert-OH is 1. The summed E-state index contributed by atoms with van der Waals surface area (Å²) < 4.78 is 27.7. The van der Waals surface area contributed by atoms with Crippen LogP contribution in [0.25, 0.3) is 0 Å². The fraction of sp³-hybridized carbons (Fsp3) is 0.333. The number of aryl methyl sites for hydroxylation is 2. The number of nitrogens with one attached hydrogen (secondary N) is 2. The van der Waals surface area contributed by atoms with Crippen LogP contribution in [-0.2, 0) is 7.05 Å². The van der Waals surface area contributed by atoms with Gasteiger partial charge in [-0.15, -0.1) is 0 Å². The molecule has 0 saturated carbocycles. The van der Waals surface area contributed by atoms with E-state index in [9.17, 15) is 18.7 Å². The van der Waals surface area contributed by atoms with Crippen LogP contribution in [0.5, 0.6) is 0 Å². The molecule has 0 aliphatic heterocycles. The Morgan fingerprint density at radius 1 is 1.30 bits per heavy atom. The second-order valence-electron chi connectivity index (χ2n) is 5.30. The number of halogens is 2. The van der Waals surface area contributed by atoms with E-state index in [1.807, 2.05) is 6.92 Å². The summed E-state index contributed by atoms with van der Waals surface area (Å²) in [4.78, 5) is 11.9. The lowest BCUT2D eigenvalue weighted by atomic mass is 10.0. The van der Waals surface area contributed by atoms with Gasteiger partial charge in [0.1, 0.15) is 0 Å². The van der Waals surface area contributed by atoms with Crippen molar-refractivity contribution in [3.05, 3.63) is 47.2 Å². The van der Waals surface area contributed by atoms with Crippen molar-refractivity contribution in [3.8, 4) is 0 Å². The van der Waals surface area contributed by atoms with Gasteiger partial charge in [-0.2, -0.15) is 5.10 Å². The van der Waals surface area contributed by atoms with Gasteiger partial charge < -0.3 is 10.4 Å². The maximum absolute atomic E-state index is 13.2. The molecule has 2 amide bonds. The van der Waals surface area contributed by atoms with Gasteiger partial charge in [0.25, 0.3) is 0 Å². The van der Waals surface area contributed by atoms with E-state index in [1.165, 1.54) is 6.07 Å². The molecule has 0 fully saturated rings. The van der Waals surface area contributed by atoms with Crippen LogP contribution >= 0.6 is 0 Å². The third-order valence-electron chi connectivity index (χ3n) is 3.47. The molecule has 1 aromatic carbocycles. The van der Waals surface area contributed by atoms with Crippen molar-refractivity contribution in [2.75, 3.05) is 5.32 Å². The third kappa shape index (κ3) is 4.04. The van der Waals surface area contributed by atoms with E-state index in [-0.39, 0.29) is 5.56 Å². The number of hydrogen-bond donors (Lipinski definition) is 3. The lowest BCUT2D eigenvalue weighted by Gasteiger charge is -2.20. The van der Waals surface area contributed by atoms with Gasteiger partial charge in [0.2, 0.25) is 0 Å². The number of carbonyl (C=O) groups excluding carboxylic acids is 1. The molecule has 0 spiro atoms. The van der Waals surface area contributed by atoms with Gasteiger partial charge in [0.15, 0.2) is 17.5 Å². The molecule has 23 heavy (non-hydrogen) atoms. The van der Waals surface area contributed by atoms with E-state index in [1.54, 1.807) is 24.7 Å². The zero-order chi connectivity index (χ0) is 17.1. The lowest BCUT2D eigenvalue weighted by molar-refractivity contribution is 0.138. The second kappa shape index (κ2) is 6.74. The van der Waals surface area contributed by atoms with Crippen LogP contribution in [0.2, 0.25) is 0 Å². The standard InChI is InChI=1S/C15H18F2N4O2/c1-8-6-13(20-21(8)3)19-15(23)18-9(2)14(22)10-4-5-11(16)12(17)7-10/h4-7,9,14,22H,1-3H3,(H2,18,19,20,23). The number of anilines is 1. The summed E-state index contributed by atoms with van der Waals surface area (Å²) in [6, 6.07) is 3.51. The SMILES string of the molecule is Cc1cc(NC(=O)NC(C)C(O)c2ccc(F)c(F)c2)nn1C. The molecule has 124 valence electrons. The highest BCUT2D eigenvalue weighted by atomic mass is 19.2. The summed E-state index contributed by atoms with van der Waals surface area (Å²) in [6.07, 6.45) is -1.18. The van der Waals surface area contributed by atoms with Gasteiger partial charge in [-0.1, -0.05) is 6.07 Å². The van der Waals surface area contributed by atoms with Crippen LogP contribution in [0, 0.1) is 18.6 Å². The van der Waals surface area contributed by atoms with Gasteiger partial charge in [-0.3, -0.25) is 10.00 Å². The maximum atomic E-state index is 13.2. The van der Waals surface area contributed by atoms with E-state index in [0.29, 0.717) is 5.82 Å². The Labute approximate surface area is 132 Å². The van der Waals surface area contributed by atoms with E-state index >= 15 is 0 Å². The van der Waals surface area contributed by atoms with Crippen molar-refractivity contribution in [2.24, 2.45) is 7.05 Å². The van der Waals surface area contributed by atoms with Crippen molar-refractivity contribution in [3.63, 3.8) is 0 Å². The first-order chi connectivity index (χ1) is 10.8. The van der Waals surface area contributed by atoms with Crippen molar-refractivity contribution in [1.82, 2.24) is 15.1 Å². The minimum absolute atomic E-state index is 0.172. The van der Waals surface area contributed by atoms with Crippen molar-refractivity contribution in [2.45, 2.75) is 26.0 Å². The summed E-state index contributed by atoms with van der Waals surface area (Å²) >= 11 is 0. The number of urea groups is 1. The number of rotatable bonds is 4. The van der Waals surface area contributed by atoms with Crippen LogP contribution in [0.4, 0.5) is 19.4 Å². The third-order valence-corrected chi connectivity index (χ3v) is 3.47. The number of hydrogen-bond acceptors (Lipinski definition) is 3. The molecule has 2 atom stereocenters. The Hall–Kier alpha value is -2.48. The molecule has 0 radical (unpaired) electrons. The summed E-state index contributed by atoms with van der Waals surface area (Å²) in [5.41, 5.74) is 1.04. The number of aliphatic hydroxyl groups is 1. The van der Waals surface area contributed by atoms with Crippen molar-refractivity contribution < 1.29 is 18.7 Å². The number of aromatic nitrogens is 2. The van der Waals surface area contributed by atoms with E-state index < -0.39 is 29.8 Å². The Bertz CT molecular complexity index is 698. The molecule has 0 bridgehead atoms. The van der Waals surface area contributed by atoms with E-state index in [0.717, 1.165) is 17.8 Å². The smallest absolute Gasteiger partial charge is 0.320 e. The van der Waals surface area contributed by atoms with Gasteiger partial charge in [0, 0.05) is 18.8 Å². The molecule has 6 nitrogen and oxygen atoms in total. The van der Waals surface area contributed by atoms with Gasteiger partial charge in [-0.25, -0.2) is 13.6 Å². The highest BCUT2D eigenvalue weighted by molar-refractivity contribution is 5.88. The predicted octanol–water partition coefficient (Wildman–Crippen LogP) is 2.25. The predicted molar refractivity (Wildman–Crippen MR) is 80.9 cm³/mol. The molecule has 8 heteroatoms. The number of amides is 2. The lowest BCUT2D eigenvalue weighted by Crippen LogP contribution is -2.39. The van der Waals surface area contributed by atoms with Crippen LogP contribution in [0.1, 0.15) is 24.3 Å². The van der Waals surface area contributed by atoms with E-state index in [2.05, 4.69) is 15.7 Å². The average Bonchev–Trinajstić information content (AvgIpc) is 2.79. The molecular weight excluding hydrogens is 306 g/mol. The molecule has 0 saturated heterocycles. The topological polar surface area (TPSA) is 79.2 Å². The van der Waals surface area contributed by atoms with Gasteiger partial charge in [-0.05, 0) is 31.5 Å². The molecule has 1 aromatic heterocycles. The second-order valence-corrected chi connectivity index (χ2v) is 5.30. The van der Waals surface area contributed by atoms with Crippen LogP contribution in [0.15, 0.2) is 24.3 Å². The number of benzene rings is 1. The molecule has 3 N–H and O–H groups in total. The summed E-state index contributed by atoms with van der Waals surface area (Å²) in [6.45, 7) is 3.39. The fourth-order valence-corrected chi connectivity index (χ4v) is 2.04. The number of nitrogens with zero attached hydrogens (tertiary/aromatic N) is 2. The molecular formula is C15H18F2N4O2. The van der Waals surface area contributed by atoms with Crippen LogP contribution in [-0.4, -0.2) is 27.0 Å². The summed E-state index contributed by atoms with van der Waals surface area (Å²) in [5.74, 6) is -1.68. The molecule has 0 aliphatic carbocycles. The quantitative estimate of drug-likeness (QED) is 0.807. The Morgan fingerprint density at radius 2 is 2.00 bits per heavy atom. The minimum atomic E-state index is -1.18.